The van der Waals surface area contributed by atoms with Gasteiger partial charge in [-0.15, -0.1) is 0 Å². The van der Waals surface area contributed by atoms with Crippen molar-refractivity contribution in [2.45, 2.75) is 18.8 Å². The smallest absolute Gasteiger partial charge is 0.423 e. The zero-order valence-electron chi connectivity index (χ0n) is 11.4. The normalized spacial score (nSPS) is 13.8. The van der Waals surface area contributed by atoms with Gasteiger partial charge in [-0.25, -0.2) is 4.98 Å². The quantitative estimate of drug-likeness (QED) is 0.727. The number of amides is 1. The summed E-state index contributed by atoms with van der Waals surface area (Å²) in [6.07, 6.45) is 4.10. The second-order valence-electron chi connectivity index (χ2n) is 5.20. The molecule has 1 aromatic carbocycles. The van der Waals surface area contributed by atoms with Crippen LogP contribution in [0.15, 0.2) is 42.6 Å². The molecule has 1 fully saturated rings. The fraction of sp³-hybridized carbons (Fsp3) is 0.200. The highest BCUT2D eigenvalue weighted by atomic mass is 16.4. The van der Waals surface area contributed by atoms with Gasteiger partial charge in [0, 0.05) is 11.8 Å². The lowest BCUT2D eigenvalue weighted by molar-refractivity contribution is 0.102. The van der Waals surface area contributed by atoms with Crippen LogP contribution in [0.2, 0.25) is 0 Å². The molecule has 2 aromatic rings. The van der Waals surface area contributed by atoms with E-state index >= 15 is 0 Å². The van der Waals surface area contributed by atoms with Gasteiger partial charge in [-0.05, 0) is 54.1 Å². The Morgan fingerprint density at radius 3 is 2.52 bits per heavy atom. The summed E-state index contributed by atoms with van der Waals surface area (Å²) in [5, 5.41) is 20.8. The third-order valence-corrected chi connectivity index (χ3v) is 3.55. The highest BCUT2D eigenvalue weighted by Gasteiger charge is 2.23. The van der Waals surface area contributed by atoms with Crippen LogP contribution in [0.3, 0.4) is 0 Å². The number of hydrogen-bond donors (Lipinski definition) is 3. The highest BCUT2D eigenvalue weighted by molar-refractivity contribution is 6.58. The summed E-state index contributed by atoms with van der Waals surface area (Å²) in [7, 11) is -1.53. The molecule has 0 atom stereocenters. The van der Waals surface area contributed by atoms with Gasteiger partial charge in [0.15, 0.2) is 0 Å². The fourth-order valence-electron chi connectivity index (χ4n) is 2.18. The molecule has 3 rings (SSSR count). The van der Waals surface area contributed by atoms with E-state index < -0.39 is 7.12 Å². The molecular weight excluding hydrogens is 267 g/mol. The summed E-state index contributed by atoms with van der Waals surface area (Å²) >= 11 is 0. The number of nitrogens with zero attached hydrogens (tertiary/aromatic N) is 1. The molecule has 1 heterocycles. The highest BCUT2D eigenvalue weighted by Crippen LogP contribution is 2.40. The largest absolute Gasteiger partial charge is 0.488 e. The minimum Gasteiger partial charge on any atom is -0.423 e. The lowest BCUT2D eigenvalue weighted by atomic mass is 9.80. The molecule has 0 bridgehead atoms. The van der Waals surface area contributed by atoms with Crippen LogP contribution in [0, 0.1) is 0 Å². The van der Waals surface area contributed by atoms with Crippen LogP contribution >= 0.6 is 0 Å². The van der Waals surface area contributed by atoms with Crippen LogP contribution in [0.5, 0.6) is 0 Å². The molecule has 1 aliphatic carbocycles. The zero-order valence-corrected chi connectivity index (χ0v) is 11.4. The van der Waals surface area contributed by atoms with E-state index in [-0.39, 0.29) is 5.91 Å². The number of aromatic nitrogens is 1. The molecule has 1 saturated carbocycles. The van der Waals surface area contributed by atoms with E-state index in [1.54, 1.807) is 18.3 Å². The predicted octanol–water partition coefficient (Wildman–Crippen LogP) is 0.891. The lowest BCUT2D eigenvalue weighted by Crippen LogP contribution is -2.29. The molecule has 0 aliphatic heterocycles. The van der Waals surface area contributed by atoms with Crippen molar-refractivity contribution in [2.24, 2.45) is 0 Å². The van der Waals surface area contributed by atoms with Crippen molar-refractivity contribution >= 4 is 24.3 Å². The van der Waals surface area contributed by atoms with Crippen LogP contribution in [0.1, 0.15) is 34.7 Å². The Hall–Kier alpha value is -2.18. The Bertz CT molecular complexity index is 654. The number of carbonyl (C=O) groups is 1. The Kier molecular flexibility index (Phi) is 3.73. The molecule has 6 heteroatoms. The predicted molar refractivity (Wildman–Crippen MR) is 80.4 cm³/mol. The van der Waals surface area contributed by atoms with Gasteiger partial charge in [-0.3, -0.25) is 4.79 Å². The van der Waals surface area contributed by atoms with Crippen molar-refractivity contribution in [1.29, 1.82) is 0 Å². The Morgan fingerprint density at radius 1 is 1.19 bits per heavy atom. The summed E-state index contributed by atoms with van der Waals surface area (Å²) in [5.74, 6) is 0.874. The molecule has 0 spiro atoms. The maximum atomic E-state index is 12.1. The molecule has 21 heavy (non-hydrogen) atoms. The second-order valence-corrected chi connectivity index (χ2v) is 5.20. The van der Waals surface area contributed by atoms with E-state index in [0.717, 1.165) is 0 Å². The average molecular weight is 282 g/mol. The van der Waals surface area contributed by atoms with Gasteiger partial charge in [0.1, 0.15) is 5.82 Å². The summed E-state index contributed by atoms with van der Waals surface area (Å²) in [4.78, 5) is 16.3. The van der Waals surface area contributed by atoms with Crippen LogP contribution in [0.4, 0.5) is 5.82 Å². The SMILES string of the molecule is O=C(Nc1cc(C2CC2)ccn1)c1ccc(B(O)O)cc1. The number of anilines is 1. The second kappa shape index (κ2) is 5.67. The molecule has 3 N–H and O–H groups in total. The Morgan fingerprint density at radius 2 is 1.90 bits per heavy atom. The van der Waals surface area contributed by atoms with Crippen molar-refractivity contribution in [1.82, 2.24) is 4.98 Å². The third-order valence-electron chi connectivity index (χ3n) is 3.55. The van der Waals surface area contributed by atoms with Crippen LogP contribution in [-0.4, -0.2) is 28.1 Å². The summed E-state index contributed by atoms with van der Waals surface area (Å²) in [6.45, 7) is 0. The molecule has 106 valence electrons. The molecular formula is C15H15BN2O3. The van der Waals surface area contributed by atoms with Crippen molar-refractivity contribution in [3.05, 3.63) is 53.7 Å². The number of hydrogen-bond acceptors (Lipinski definition) is 4. The molecule has 0 saturated heterocycles. The van der Waals surface area contributed by atoms with E-state index in [0.29, 0.717) is 22.8 Å². The van der Waals surface area contributed by atoms with Crippen molar-refractivity contribution in [2.75, 3.05) is 5.32 Å². The van der Waals surface area contributed by atoms with Crippen LogP contribution < -0.4 is 10.8 Å². The van der Waals surface area contributed by atoms with Crippen LogP contribution in [-0.2, 0) is 0 Å². The summed E-state index contributed by atoms with van der Waals surface area (Å²) in [5.41, 5.74) is 2.00. The van der Waals surface area contributed by atoms with Gasteiger partial charge in [-0.2, -0.15) is 0 Å². The van der Waals surface area contributed by atoms with E-state index in [1.807, 2.05) is 12.1 Å². The van der Waals surface area contributed by atoms with Gasteiger partial charge in [0.2, 0.25) is 0 Å². The minimum atomic E-state index is -1.53. The number of pyridine rings is 1. The monoisotopic (exact) mass is 282 g/mol. The Balaban J connectivity index is 1.72. The molecule has 0 unspecified atom stereocenters. The first-order valence-electron chi connectivity index (χ1n) is 6.87. The standard InChI is InChI=1S/C15H15BN2O3/c19-15(11-3-5-13(6-4-11)16(20)21)18-14-9-12(7-8-17-14)10-1-2-10/h3-10,20-21H,1-2H2,(H,17,18,19). The molecule has 1 aromatic heterocycles. The number of rotatable bonds is 4. The fourth-order valence-corrected chi connectivity index (χ4v) is 2.18. The van der Waals surface area contributed by atoms with Crippen molar-refractivity contribution in [3.63, 3.8) is 0 Å². The van der Waals surface area contributed by atoms with Gasteiger partial charge in [0.05, 0.1) is 0 Å². The minimum absolute atomic E-state index is 0.269. The van der Waals surface area contributed by atoms with E-state index in [9.17, 15) is 4.79 Å². The number of nitrogens with one attached hydrogen (secondary N) is 1. The topological polar surface area (TPSA) is 82.5 Å². The third kappa shape index (κ3) is 3.29. The van der Waals surface area contributed by atoms with Crippen LogP contribution in [0.25, 0.3) is 0 Å². The van der Waals surface area contributed by atoms with Gasteiger partial charge < -0.3 is 15.4 Å². The maximum Gasteiger partial charge on any atom is 0.488 e. The van der Waals surface area contributed by atoms with Gasteiger partial charge in [0.25, 0.3) is 5.91 Å². The first kappa shape index (κ1) is 13.8. The summed E-state index contributed by atoms with van der Waals surface area (Å²) in [6, 6.07) is 10.00. The average Bonchev–Trinajstić information content (AvgIpc) is 3.32. The molecule has 1 aliphatic rings. The van der Waals surface area contributed by atoms with Gasteiger partial charge in [-0.1, -0.05) is 12.1 Å². The number of benzene rings is 1. The summed E-state index contributed by atoms with van der Waals surface area (Å²) < 4.78 is 0. The first-order valence-corrected chi connectivity index (χ1v) is 6.87. The maximum absolute atomic E-state index is 12.1. The lowest BCUT2D eigenvalue weighted by Gasteiger charge is -2.07. The van der Waals surface area contributed by atoms with E-state index in [1.165, 1.54) is 30.5 Å². The van der Waals surface area contributed by atoms with Crippen molar-refractivity contribution in [3.8, 4) is 0 Å². The van der Waals surface area contributed by atoms with Crippen molar-refractivity contribution < 1.29 is 14.8 Å². The first-order chi connectivity index (χ1) is 10.1. The van der Waals surface area contributed by atoms with E-state index in [4.69, 9.17) is 10.0 Å². The molecule has 5 nitrogen and oxygen atoms in total. The Labute approximate surface area is 122 Å². The zero-order chi connectivity index (χ0) is 14.8. The van der Waals surface area contributed by atoms with Gasteiger partial charge >= 0.3 is 7.12 Å². The van der Waals surface area contributed by atoms with E-state index in [2.05, 4.69) is 10.3 Å². The molecule has 1 amide bonds. The number of carbonyl (C=O) groups excluding carboxylic acids is 1. The molecule has 0 radical (unpaired) electrons.